The second-order valence-corrected chi connectivity index (χ2v) is 19.1. The summed E-state index contributed by atoms with van der Waals surface area (Å²) in [6.45, 7) is 14.1. The van der Waals surface area contributed by atoms with E-state index in [1.165, 1.54) is 16.3 Å². The lowest BCUT2D eigenvalue weighted by Gasteiger charge is -2.37. The minimum atomic E-state index is -1.06. The molecule has 20 heteroatoms. The molecule has 1 aliphatic carbocycles. The van der Waals surface area contributed by atoms with Gasteiger partial charge in [0.2, 0.25) is 5.91 Å². The van der Waals surface area contributed by atoms with E-state index < -0.39 is 29.6 Å². The van der Waals surface area contributed by atoms with Crippen LogP contribution in [-0.2, 0) is 41.6 Å². The van der Waals surface area contributed by atoms with Crippen LogP contribution in [0, 0.1) is 23.2 Å². The zero-order valence-corrected chi connectivity index (χ0v) is 46.0. The zero-order chi connectivity index (χ0) is 42.3. The summed E-state index contributed by atoms with van der Waals surface area (Å²) in [5, 5.41) is 8.38. The number of pyridine rings is 1. The molecular formula is C46H73N7O6S7. The van der Waals surface area contributed by atoms with E-state index in [-0.39, 0.29) is 117 Å². The number of carbonyl (C=O) groups is 3. The van der Waals surface area contributed by atoms with Gasteiger partial charge in [0.15, 0.2) is 0 Å². The van der Waals surface area contributed by atoms with Gasteiger partial charge in [-0.2, -0.15) is 81.0 Å². The van der Waals surface area contributed by atoms with E-state index in [4.69, 9.17) is 24.2 Å². The highest BCUT2D eigenvalue weighted by Gasteiger charge is 2.45. The summed E-state index contributed by atoms with van der Waals surface area (Å²) in [5.74, 6) is -0.515. The van der Waals surface area contributed by atoms with E-state index in [1.54, 1.807) is 7.11 Å². The number of likely N-dealkylation sites (tertiary alicyclic amines) is 1. The smallest absolute Gasteiger partial charge is 0.324 e. The molecule has 0 spiro atoms. The van der Waals surface area contributed by atoms with E-state index in [2.05, 4.69) is 79.2 Å². The Morgan fingerprint density at radius 3 is 2.44 bits per heavy atom. The first-order chi connectivity index (χ1) is 28.8. The minimum Gasteiger partial charge on any atom is -0.464 e. The van der Waals surface area contributed by atoms with Crippen molar-refractivity contribution in [3.63, 3.8) is 0 Å². The third kappa shape index (κ3) is 13.0. The maximum atomic E-state index is 14.8. The van der Waals surface area contributed by atoms with Gasteiger partial charge in [-0.25, -0.2) is 10.4 Å². The van der Waals surface area contributed by atoms with Gasteiger partial charge in [0.1, 0.15) is 23.2 Å². The zero-order valence-electron chi connectivity index (χ0n) is 39.2. The second-order valence-electron chi connectivity index (χ2n) is 18.3. The molecule has 1 aromatic carbocycles. The number of amides is 2. The van der Waals surface area contributed by atoms with E-state index in [1.807, 2.05) is 24.6 Å². The summed E-state index contributed by atoms with van der Waals surface area (Å²) >= 11 is 1.45. The lowest BCUT2D eigenvalue weighted by Crippen LogP contribution is -2.61. The van der Waals surface area contributed by atoms with E-state index in [9.17, 15) is 14.4 Å². The number of hydrogen-bond donors (Lipinski definition) is 2. The van der Waals surface area contributed by atoms with Crippen molar-refractivity contribution in [2.75, 3.05) is 47.0 Å². The number of methoxy groups -OCH3 is 1. The fourth-order valence-corrected chi connectivity index (χ4v) is 10.1. The predicted octanol–water partition coefficient (Wildman–Crippen LogP) is 7.39. The molecule has 2 saturated heterocycles. The Bertz CT molecular complexity index is 2240. The molecule has 2 amide bonds. The molecule has 370 valence electrons. The molecular weight excluding hydrogens is 971 g/mol. The summed E-state index contributed by atoms with van der Waals surface area (Å²) in [5.41, 5.74) is 9.59. The number of esters is 1. The Balaban J connectivity index is 0.00000249. The van der Waals surface area contributed by atoms with Crippen LogP contribution in [0.1, 0.15) is 95.2 Å². The highest BCUT2D eigenvalue weighted by Crippen LogP contribution is 2.43. The molecule has 4 aliphatic rings. The van der Waals surface area contributed by atoms with E-state index in [0.29, 0.717) is 43.3 Å². The van der Waals surface area contributed by atoms with Crippen molar-refractivity contribution in [3.8, 4) is 22.5 Å². The SMILES string of the molecule is CCn1c(-c2cccnc2[C@H](C)OC)c2c3cc(ccc31)-c1csc(n1)[C@@H](OCC1CCN(C)CC1)[C@H](NC(=O)[C@H]1C[C@@H]1C)C(=O)N1CCC[C@H](N1)C(=O)OCC(C)(C)C2.S.S.S.S.S.S. The molecule has 3 aromatic heterocycles. The lowest BCUT2D eigenvalue weighted by atomic mass is 9.84. The third-order valence-electron chi connectivity index (χ3n) is 13.0. The van der Waals surface area contributed by atoms with Gasteiger partial charge in [-0.3, -0.25) is 24.4 Å². The number of nitrogens with one attached hydrogen (secondary N) is 2. The molecule has 6 heterocycles. The second kappa shape index (κ2) is 25.7. The van der Waals surface area contributed by atoms with Gasteiger partial charge in [0, 0.05) is 65.1 Å². The number of benzene rings is 1. The van der Waals surface area contributed by atoms with Crippen molar-refractivity contribution in [2.45, 2.75) is 104 Å². The maximum absolute atomic E-state index is 14.8. The van der Waals surface area contributed by atoms with Crippen LogP contribution < -0.4 is 10.7 Å². The lowest BCUT2D eigenvalue weighted by molar-refractivity contribution is -0.157. The van der Waals surface area contributed by atoms with Crippen LogP contribution >= 0.6 is 92.3 Å². The minimum absolute atomic E-state index is 0. The Morgan fingerprint density at radius 1 is 1.06 bits per heavy atom. The number of cyclic esters (lactones) is 1. The molecule has 3 fully saturated rings. The standard InChI is InChI=1S/C46H61N7O6S.6H2S/c1-8-52-37-14-13-30-22-33(37)34(40(52)31-11-9-17-47-38(31)28(3)57-7)23-46(4,5)26-59-45(56)35-12-10-18-53(50-35)44(55)39(49-42(54)32-21-27(32)2)41(43-48-36(30)25-60-43)58-24-29-15-19-51(6)20-16-29;;;;;;/h9,11,13-14,17,22,25,27-29,32,35,39,41,50H,8,10,12,15-16,18-21,23-24,26H2,1-7H3,(H,49,54);6*1H2/t27-,28-,32-,35-,39-,41-;;;;;;/m0....../s1. The summed E-state index contributed by atoms with van der Waals surface area (Å²) in [6, 6.07) is 8.79. The fraction of sp³-hybridized carbons (Fsp3) is 0.587. The van der Waals surface area contributed by atoms with Crippen LogP contribution in [0.2, 0.25) is 0 Å². The Hall–Kier alpha value is -2.11. The summed E-state index contributed by atoms with van der Waals surface area (Å²) in [4.78, 5) is 54.9. The van der Waals surface area contributed by atoms with Gasteiger partial charge >= 0.3 is 5.97 Å². The number of hydrazine groups is 1. The van der Waals surface area contributed by atoms with Crippen LogP contribution in [0.3, 0.4) is 0 Å². The summed E-state index contributed by atoms with van der Waals surface area (Å²) in [6.07, 6.45) is 5.20. The highest BCUT2D eigenvalue weighted by molar-refractivity contribution is 7.60. The van der Waals surface area contributed by atoms with Gasteiger partial charge in [0.05, 0.1) is 36.4 Å². The monoisotopic (exact) mass is 1040 g/mol. The normalized spacial score (nSPS) is 23.4. The van der Waals surface area contributed by atoms with Gasteiger partial charge in [-0.1, -0.05) is 26.8 Å². The molecule has 8 rings (SSSR count). The van der Waals surface area contributed by atoms with Gasteiger partial charge in [-0.05, 0) is 114 Å². The van der Waals surface area contributed by atoms with Crippen LogP contribution in [0.5, 0.6) is 0 Å². The topological polar surface area (TPSA) is 140 Å². The third-order valence-corrected chi connectivity index (χ3v) is 13.9. The first-order valence-corrected chi connectivity index (χ1v) is 22.7. The van der Waals surface area contributed by atoms with Gasteiger partial charge in [-0.15, -0.1) is 11.3 Å². The molecule has 6 bridgehead atoms. The van der Waals surface area contributed by atoms with Crippen molar-refractivity contribution in [1.29, 1.82) is 0 Å². The van der Waals surface area contributed by atoms with Gasteiger partial charge in [0.25, 0.3) is 5.91 Å². The number of fused-ring (bicyclic) bond motifs is 6. The van der Waals surface area contributed by atoms with Crippen LogP contribution in [-0.4, -0.2) is 101 Å². The fourth-order valence-electron chi connectivity index (χ4n) is 9.18. The quantitative estimate of drug-likeness (QED) is 0.163. The molecule has 3 aliphatic heterocycles. The Kier molecular flexibility index (Phi) is 23.3. The van der Waals surface area contributed by atoms with Gasteiger partial charge < -0.3 is 29.0 Å². The molecule has 6 atom stereocenters. The first-order valence-electron chi connectivity index (χ1n) is 21.8. The number of rotatable bonds is 9. The van der Waals surface area contributed by atoms with Crippen molar-refractivity contribution in [2.24, 2.45) is 23.2 Å². The maximum Gasteiger partial charge on any atom is 0.324 e. The summed E-state index contributed by atoms with van der Waals surface area (Å²) in [7, 11) is 3.84. The number of carbonyl (C=O) groups excluding carboxylic acids is 3. The average Bonchev–Trinajstić information content (AvgIpc) is 3.66. The first kappa shape index (κ1) is 60.0. The largest absolute Gasteiger partial charge is 0.464 e. The Morgan fingerprint density at radius 2 is 1.77 bits per heavy atom. The van der Waals surface area contributed by atoms with Crippen molar-refractivity contribution in [1.82, 2.24) is 35.2 Å². The van der Waals surface area contributed by atoms with E-state index in [0.717, 1.165) is 83.6 Å². The highest BCUT2D eigenvalue weighted by atomic mass is 32.1. The molecule has 0 radical (unpaired) electrons. The predicted molar refractivity (Wildman–Crippen MR) is 294 cm³/mol. The van der Waals surface area contributed by atoms with Crippen molar-refractivity contribution < 1.29 is 28.6 Å². The van der Waals surface area contributed by atoms with Crippen molar-refractivity contribution in [3.05, 3.63) is 58.2 Å². The number of piperidine rings is 1. The van der Waals surface area contributed by atoms with Crippen LogP contribution in [0.25, 0.3) is 33.4 Å². The molecule has 13 nitrogen and oxygen atoms in total. The number of hydrogen-bond acceptors (Lipinski definition) is 11. The van der Waals surface area contributed by atoms with Crippen LogP contribution in [0.4, 0.5) is 0 Å². The molecule has 4 aromatic rings. The number of thiazole rings is 1. The number of ether oxygens (including phenoxy) is 3. The molecule has 0 unspecified atom stereocenters. The molecule has 2 N–H and O–H groups in total. The van der Waals surface area contributed by atoms with Crippen LogP contribution in [0.15, 0.2) is 41.9 Å². The number of aryl methyl sites for hydroxylation is 1. The number of nitrogens with zero attached hydrogens (tertiary/aromatic N) is 5. The van der Waals surface area contributed by atoms with E-state index >= 15 is 0 Å². The molecule has 1 saturated carbocycles. The average molecular weight is 1040 g/mol. The Labute approximate surface area is 436 Å². The number of aromatic nitrogens is 3. The summed E-state index contributed by atoms with van der Waals surface area (Å²) < 4.78 is 21.2. The molecule has 66 heavy (non-hydrogen) atoms. The van der Waals surface area contributed by atoms with Crippen molar-refractivity contribution >= 4 is 121 Å².